The van der Waals surface area contributed by atoms with Crippen LogP contribution < -0.4 is 0 Å². The Bertz CT molecular complexity index is 220. The Hall–Kier alpha value is -0.300. The fraction of sp³-hybridized carbons (Fsp3) is 0.857. The van der Waals surface area contributed by atoms with Crippen molar-refractivity contribution < 1.29 is 0 Å². The van der Waals surface area contributed by atoms with Crippen LogP contribution in [-0.2, 0) is 0 Å². The third-order valence-corrected chi connectivity index (χ3v) is 3.28. The van der Waals surface area contributed by atoms with Gasteiger partial charge in [0.25, 0.3) is 0 Å². The third-order valence-electron chi connectivity index (χ3n) is 3.28. The van der Waals surface area contributed by atoms with Gasteiger partial charge in [0.1, 0.15) is 0 Å². The van der Waals surface area contributed by atoms with Gasteiger partial charge < -0.3 is 0 Å². The second-order valence-corrected chi connectivity index (χ2v) is 6.21. The van der Waals surface area contributed by atoms with E-state index in [0.29, 0.717) is 5.41 Å². The predicted octanol–water partition coefficient (Wildman–Crippen LogP) is 3.71. The van der Waals surface area contributed by atoms with Crippen LogP contribution in [0.4, 0.5) is 0 Å². The lowest BCUT2D eigenvalue weighted by molar-refractivity contribution is 0.263. The summed E-state index contributed by atoms with van der Waals surface area (Å²) in [7, 11) is 0. The molecule has 1 rings (SSSR count). The van der Waals surface area contributed by atoms with E-state index in [1.54, 1.807) is 5.57 Å². The predicted molar refractivity (Wildman–Crippen MR) is 68.1 cm³/mol. The van der Waals surface area contributed by atoms with Gasteiger partial charge in [-0.25, -0.2) is 0 Å². The van der Waals surface area contributed by atoms with Gasteiger partial charge in [0, 0.05) is 13.1 Å². The zero-order valence-electron chi connectivity index (χ0n) is 11.1. The van der Waals surface area contributed by atoms with Gasteiger partial charge in [-0.3, -0.25) is 4.90 Å². The molecule has 0 amide bonds. The second-order valence-electron chi connectivity index (χ2n) is 6.21. The molecule has 0 atom stereocenters. The molecule has 0 spiro atoms. The molecular formula is C14H27N. The lowest BCUT2D eigenvalue weighted by Crippen LogP contribution is -2.32. The summed E-state index contributed by atoms with van der Waals surface area (Å²) in [6, 6.07) is 0. The summed E-state index contributed by atoms with van der Waals surface area (Å²) in [5, 5.41) is 0. The SMILES string of the molecule is CC(C)CCN1CC=C(C(C)(C)C)CC1. The third kappa shape index (κ3) is 4.38. The van der Waals surface area contributed by atoms with E-state index in [0.717, 1.165) is 5.92 Å². The number of nitrogens with zero attached hydrogens (tertiary/aromatic N) is 1. The van der Waals surface area contributed by atoms with Gasteiger partial charge in [-0.15, -0.1) is 0 Å². The average molecular weight is 209 g/mol. The molecule has 1 aliphatic rings. The standard InChI is InChI=1S/C14H27N/c1-12(2)6-9-15-10-7-13(8-11-15)14(3,4)5/h7,12H,6,8-11H2,1-5H3. The Balaban J connectivity index is 2.38. The molecule has 0 bridgehead atoms. The topological polar surface area (TPSA) is 3.24 Å². The first kappa shape index (κ1) is 12.8. The molecule has 15 heavy (non-hydrogen) atoms. The molecule has 0 aromatic carbocycles. The molecule has 1 aliphatic heterocycles. The summed E-state index contributed by atoms with van der Waals surface area (Å²) in [6.45, 7) is 15.3. The lowest BCUT2D eigenvalue weighted by atomic mass is 9.83. The normalized spacial score (nSPS) is 19.5. The smallest absolute Gasteiger partial charge is 0.0166 e. The van der Waals surface area contributed by atoms with Gasteiger partial charge >= 0.3 is 0 Å². The minimum absolute atomic E-state index is 0.379. The Labute approximate surface area is 95.5 Å². The Morgan fingerprint density at radius 1 is 1.33 bits per heavy atom. The molecule has 0 N–H and O–H groups in total. The van der Waals surface area contributed by atoms with Crippen LogP contribution in [0.1, 0.15) is 47.5 Å². The highest BCUT2D eigenvalue weighted by Crippen LogP contribution is 2.30. The van der Waals surface area contributed by atoms with Crippen LogP contribution in [0.15, 0.2) is 11.6 Å². The van der Waals surface area contributed by atoms with E-state index in [-0.39, 0.29) is 0 Å². The molecular weight excluding hydrogens is 182 g/mol. The van der Waals surface area contributed by atoms with Crippen LogP contribution in [0.2, 0.25) is 0 Å². The van der Waals surface area contributed by atoms with Gasteiger partial charge in [0.2, 0.25) is 0 Å². The highest BCUT2D eigenvalue weighted by atomic mass is 15.1. The van der Waals surface area contributed by atoms with Crippen LogP contribution in [0.3, 0.4) is 0 Å². The van der Waals surface area contributed by atoms with Crippen LogP contribution in [-0.4, -0.2) is 24.5 Å². The van der Waals surface area contributed by atoms with Gasteiger partial charge in [-0.05, 0) is 30.7 Å². The summed E-state index contributed by atoms with van der Waals surface area (Å²) < 4.78 is 0. The molecule has 1 heteroatoms. The van der Waals surface area contributed by atoms with Crippen molar-refractivity contribution in [1.29, 1.82) is 0 Å². The lowest BCUT2D eigenvalue weighted by Gasteiger charge is -2.32. The average Bonchev–Trinajstić information content (AvgIpc) is 2.14. The summed E-state index contributed by atoms with van der Waals surface area (Å²) in [6.07, 6.45) is 5.05. The quantitative estimate of drug-likeness (QED) is 0.640. The largest absolute Gasteiger partial charge is 0.299 e. The molecule has 0 saturated carbocycles. The van der Waals surface area contributed by atoms with E-state index in [1.165, 1.54) is 32.5 Å². The van der Waals surface area contributed by atoms with E-state index < -0.39 is 0 Å². The van der Waals surface area contributed by atoms with Crippen molar-refractivity contribution in [2.45, 2.75) is 47.5 Å². The highest BCUT2D eigenvalue weighted by molar-refractivity contribution is 5.14. The van der Waals surface area contributed by atoms with E-state index in [9.17, 15) is 0 Å². The molecule has 0 saturated heterocycles. The molecule has 0 unspecified atom stereocenters. The van der Waals surface area contributed by atoms with E-state index >= 15 is 0 Å². The molecule has 0 radical (unpaired) electrons. The van der Waals surface area contributed by atoms with Crippen molar-refractivity contribution >= 4 is 0 Å². The number of hydrogen-bond donors (Lipinski definition) is 0. The van der Waals surface area contributed by atoms with Crippen molar-refractivity contribution in [2.24, 2.45) is 11.3 Å². The first-order valence-electron chi connectivity index (χ1n) is 6.31. The second kappa shape index (κ2) is 5.16. The first-order chi connectivity index (χ1) is 6.89. The highest BCUT2D eigenvalue weighted by Gasteiger charge is 2.20. The fourth-order valence-electron chi connectivity index (χ4n) is 2.04. The molecule has 0 fully saturated rings. The van der Waals surface area contributed by atoms with Crippen molar-refractivity contribution in [1.82, 2.24) is 4.90 Å². The first-order valence-corrected chi connectivity index (χ1v) is 6.31. The van der Waals surface area contributed by atoms with Crippen LogP contribution in [0, 0.1) is 11.3 Å². The Kier molecular flexibility index (Phi) is 4.39. The van der Waals surface area contributed by atoms with Gasteiger partial charge in [0.15, 0.2) is 0 Å². The molecule has 0 aliphatic carbocycles. The summed E-state index contributed by atoms with van der Waals surface area (Å²) in [5.74, 6) is 0.831. The number of hydrogen-bond acceptors (Lipinski definition) is 1. The fourth-order valence-corrected chi connectivity index (χ4v) is 2.04. The molecule has 0 aromatic rings. The van der Waals surface area contributed by atoms with Crippen LogP contribution in [0.25, 0.3) is 0 Å². The van der Waals surface area contributed by atoms with Crippen LogP contribution in [0.5, 0.6) is 0 Å². The summed E-state index contributed by atoms with van der Waals surface area (Å²) in [5.41, 5.74) is 2.02. The molecule has 88 valence electrons. The summed E-state index contributed by atoms with van der Waals surface area (Å²) in [4.78, 5) is 2.58. The van der Waals surface area contributed by atoms with Crippen LogP contribution >= 0.6 is 0 Å². The van der Waals surface area contributed by atoms with Crippen molar-refractivity contribution in [3.8, 4) is 0 Å². The maximum atomic E-state index is 2.58. The van der Waals surface area contributed by atoms with Crippen molar-refractivity contribution in [2.75, 3.05) is 19.6 Å². The minimum Gasteiger partial charge on any atom is -0.299 e. The summed E-state index contributed by atoms with van der Waals surface area (Å²) >= 11 is 0. The number of rotatable bonds is 3. The van der Waals surface area contributed by atoms with E-state index in [1.807, 2.05) is 0 Å². The molecule has 1 heterocycles. The zero-order chi connectivity index (χ0) is 11.5. The minimum atomic E-state index is 0.379. The molecule has 0 aromatic heterocycles. The zero-order valence-corrected chi connectivity index (χ0v) is 11.1. The van der Waals surface area contributed by atoms with E-state index in [4.69, 9.17) is 0 Å². The van der Waals surface area contributed by atoms with Crippen molar-refractivity contribution in [3.05, 3.63) is 11.6 Å². The Morgan fingerprint density at radius 3 is 2.40 bits per heavy atom. The van der Waals surface area contributed by atoms with Gasteiger partial charge in [0.05, 0.1) is 0 Å². The molecule has 1 nitrogen and oxygen atoms in total. The van der Waals surface area contributed by atoms with E-state index in [2.05, 4.69) is 45.6 Å². The maximum absolute atomic E-state index is 2.58. The monoisotopic (exact) mass is 209 g/mol. The van der Waals surface area contributed by atoms with Gasteiger partial charge in [-0.2, -0.15) is 0 Å². The van der Waals surface area contributed by atoms with Crippen molar-refractivity contribution in [3.63, 3.8) is 0 Å². The Morgan fingerprint density at radius 2 is 2.00 bits per heavy atom. The van der Waals surface area contributed by atoms with Gasteiger partial charge in [-0.1, -0.05) is 46.3 Å². The maximum Gasteiger partial charge on any atom is 0.0166 e.